The summed E-state index contributed by atoms with van der Waals surface area (Å²) in [6.45, 7) is 2.02. The van der Waals surface area contributed by atoms with Crippen molar-refractivity contribution in [2.24, 2.45) is 23.7 Å². The lowest BCUT2D eigenvalue weighted by atomic mass is 9.82. The minimum Gasteiger partial charge on any atom is -0.481 e. The van der Waals surface area contributed by atoms with E-state index >= 15 is 0 Å². The predicted molar refractivity (Wildman–Crippen MR) is 96.3 cm³/mol. The molecule has 2 N–H and O–H groups in total. The second-order valence-electron chi connectivity index (χ2n) is 7.11. The van der Waals surface area contributed by atoms with Crippen LogP contribution in [0.1, 0.15) is 40.6 Å². The van der Waals surface area contributed by atoms with E-state index in [1.54, 1.807) is 6.92 Å². The number of esters is 1. The Morgan fingerprint density at radius 3 is 2.65 bits per heavy atom. The lowest BCUT2D eigenvalue weighted by molar-refractivity contribution is -0.146. The maximum Gasteiger partial charge on any atom is 0.341 e. The topological polar surface area (TPSA) is 92.7 Å². The summed E-state index contributed by atoms with van der Waals surface area (Å²) in [6, 6.07) is 0. The summed E-state index contributed by atoms with van der Waals surface area (Å²) in [5.41, 5.74) is 1.44. The Hall–Kier alpha value is -2.15. The van der Waals surface area contributed by atoms with E-state index in [0.717, 1.165) is 29.7 Å². The Balaban J connectivity index is 1.61. The van der Waals surface area contributed by atoms with Gasteiger partial charge in [0.2, 0.25) is 5.91 Å². The highest BCUT2D eigenvalue weighted by Crippen LogP contribution is 2.49. The molecule has 138 valence electrons. The first-order chi connectivity index (χ1) is 12.5. The number of rotatable bonds is 5. The number of carbonyl (C=O) groups is 3. The normalized spacial score (nSPS) is 28.2. The zero-order valence-electron chi connectivity index (χ0n) is 14.5. The van der Waals surface area contributed by atoms with Crippen LogP contribution in [0.5, 0.6) is 0 Å². The van der Waals surface area contributed by atoms with E-state index < -0.39 is 23.8 Å². The van der Waals surface area contributed by atoms with Crippen LogP contribution >= 0.6 is 11.3 Å². The van der Waals surface area contributed by atoms with Crippen molar-refractivity contribution in [1.82, 2.24) is 0 Å². The van der Waals surface area contributed by atoms with Gasteiger partial charge in [-0.15, -0.1) is 11.3 Å². The highest BCUT2D eigenvalue weighted by atomic mass is 32.1. The number of hydrogen-bond donors (Lipinski definition) is 2. The molecule has 0 unspecified atom stereocenters. The fraction of sp³-hybridized carbons (Fsp3) is 0.526. The fourth-order valence-electron chi connectivity index (χ4n) is 4.62. The third-order valence-corrected chi connectivity index (χ3v) is 6.89. The molecule has 3 aliphatic rings. The number of ether oxygens (including phenoxy) is 1. The molecule has 3 aliphatic carbocycles. The maximum absolute atomic E-state index is 12.9. The molecule has 1 aromatic rings. The van der Waals surface area contributed by atoms with Crippen LogP contribution < -0.4 is 5.32 Å². The molecular weight excluding hydrogens is 354 g/mol. The smallest absolute Gasteiger partial charge is 0.341 e. The number of aryl methyl sites for hydroxylation is 1. The summed E-state index contributed by atoms with van der Waals surface area (Å²) in [6.07, 6.45) is 7.29. The predicted octanol–water partition coefficient (Wildman–Crippen LogP) is 2.87. The van der Waals surface area contributed by atoms with Gasteiger partial charge in [0.05, 0.1) is 24.0 Å². The Morgan fingerprint density at radius 2 is 1.96 bits per heavy atom. The summed E-state index contributed by atoms with van der Waals surface area (Å²) >= 11 is 1.42. The molecule has 0 spiro atoms. The van der Waals surface area contributed by atoms with Crippen LogP contribution in [0.4, 0.5) is 5.00 Å². The Bertz CT molecular complexity index is 811. The van der Waals surface area contributed by atoms with E-state index in [-0.39, 0.29) is 24.3 Å². The number of carbonyl (C=O) groups excluding carboxylic acids is 2. The number of thiophene rings is 1. The molecule has 2 bridgehead atoms. The van der Waals surface area contributed by atoms with Crippen molar-refractivity contribution < 1.29 is 24.2 Å². The molecule has 4 atom stereocenters. The van der Waals surface area contributed by atoms with Crippen molar-refractivity contribution in [2.45, 2.75) is 32.6 Å². The van der Waals surface area contributed by atoms with E-state index in [4.69, 9.17) is 4.74 Å². The highest BCUT2D eigenvalue weighted by molar-refractivity contribution is 7.17. The molecule has 1 saturated carbocycles. The minimum atomic E-state index is -0.929. The molecule has 26 heavy (non-hydrogen) atoms. The Kier molecular flexibility index (Phi) is 4.34. The molecule has 7 heteroatoms. The third-order valence-electron chi connectivity index (χ3n) is 5.68. The monoisotopic (exact) mass is 375 g/mol. The zero-order valence-corrected chi connectivity index (χ0v) is 15.3. The van der Waals surface area contributed by atoms with Crippen molar-refractivity contribution in [3.63, 3.8) is 0 Å². The molecule has 1 aromatic heterocycles. The number of allylic oxidation sites excluding steroid dienone is 2. The average Bonchev–Trinajstić information content (AvgIpc) is 3.33. The quantitative estimate of drug-likeness (QED) is 0.610. The van der Waals surface area contributed by atoms with Crippen molar-refractivity contribution in [2.75, 3.05) is 11.9 Å². The van der Waals surface area contributed by atoms with Gasteiger partial charge in [0.15, 0.2) is 0 Å². The molecule has 0 aliphatic heterocycles. The SMILES string of the molecule is CCOC(=O)c1c(NC(=O)[C@@H]2[C@@H](C(=O)O)[C@H]3C=C[C@@H]2C3)sc2c1CCC2. The summed E-state index contributed by atoms with van der Waals surface area (Å²) in [7, 11) is 0. The molecule has 1 heterocycles. The standard InChI is InChI=1S/C19H21NO5S/c1-2-25-19(24)15-11-4-3-5-12(11)26-17(15)20-16(21)13-9-6-7-10(8-9)14(13)18(22)23/h6-7,9-10,13-14H,2-5,8H2,1H3,(H,20,21)(H,22,23)/t9-,10+,13+,14+/m1/s1. The van der Waals surface area contributed by atoms with Gasteiger partial charge in [0.25, 0.3) is 0 Å². The van der Waals surface area contributed by atoms with Crippen molar-refractivity contribution >= 4 is 34.2 Å². The summed E-state index contributed by atoms with van der Waals surface area (Å²) < 4.78 is 5.18. The fourth-order valence-corrected chi connectivity index (χ4v) is 5.90. The second kappa shape index (κ2) is 6.54. The Morgan fingerprint density at radius 1 is 1.23 bits per heavy atom. The number of fused-ring (bicyclic) bond motifs is 3. The number of aliphatic carboxylic acids is 1. The van der Waals surface area contributed by atoms with E-state index in [9.17, 15) is 19.5 Å². The summed E-state index contributed by atoms with van der Waals surface area (Å²) in [5.74, 6) is -3.05. The van der Waals surface area contributed by atoms with Gasteiger partial charge in [-0.1, -0.05) is 12.2 Å². The molecule has 1 fully saturated rings. The minimum absolute atomic E-state index is 0.0426. The van der Waals surface area contributed by atoms with Crippen LogP contribution in [0.3, 0.4) is 0 Å². The summed E-state index contributed by atoms with van der Waals surface area (Å²) in [5, 5.41) is 12.9. The van der Waals surface area contributed by atoms with Crippen molar-refractivity contribution in [1.29, 1.82) is 0 Å². The van der Waals surface area contributed by atoms with Gasteiger partial charge in [0, 0.05) is 4.88 Å². The van der Waals surface area contributed by atoms with Gasteiger partial charge < -0.3 is 15.2 Å². The van der Waals surface area contributed by atoms with Gasteiger partial charge in [0.1, 0.15) is 5.00 Å². The van der Waals surface area contributed by atoms with Crippen LogP contribution in [0, 0.1) is 23.7 Å². The summed E-state index contributed by atoms with van der Waals surface area (Å²) in [4.78, 5) is 38.1. The maximum atomic E-state index is 12.9. The lowest BCUT2D eigenvalue weighted by Crippen LogP contribution is -2.36. The van der Waals surface area contributed by atoms with Crippen molar-refractivity contribution in [3.8, 4) is 0 Å². The molecule has 1 amide bonds. The number of carboxylic acid groups (broad SMARTS) is 1. The molecule has 6 nitrogen and oxygen atoms in total. The van der Waals surface area contributed by atoms with Crippen LogP contribution in [0.15, 0.2) is 12.2 Å². The highest BCUT2D eigenvalue weighted by Gasteiger charge is 2.51. The van der Waals surface area contributed by atoms with Crippen molar-refractivity contribution in [3.05, 3.63) is 28.2 Å². The van der Waals surface area contributed by atoms with Gasteiger partial charge in [-0.2, -0.15) is 0 Å². The van der Waals surface area contributed by atoms with Crippen LogP contribution in [-0.4, -0.2) is 29.6 Å². The van der Waals surface area contributed by atoms with Gasteiger partial charge in [-0.05, 0) is 50.0 Å². The van der Waals surface area contributed by atoms with Gasteiger partial charge >= 0.3 is 11.9 Å². The van der Waals surface area contributed by atoms with E-state index in [1.165, 1.54) is 11.3 Å². The first-order valence-corrected chi connectivity index (χ1v) is 9.86. The zero-order chi connectivity index (χ0) is 18.4. The molecular formula is C19H21NO5S. The van der Waals surface area contributed by atoms with E-state index in [0.29, 0.717) is 17.0 Å². The number of nitrogens with one attached hydrogen (secondary N) is 1. The molecule has 0 saturated heterocycles. The molecule has 0 aromatic carbocycles. The van der Waals surface area contributed by atoms with Gasteiger partial charge in [-0.25, -0.2) is 4.79 Å². The first-order valence-electron chi connectivity index (χ1n) is 9.05. The van der Waals surface area contributed by atoms with E-state index in [2.05, 4.69) is 5.32 Å². The molecule has 4 rings (SSSR count). The van der Waals surface area contributed by atoms with Crippen LogP contribution in [-0.2, 0) is 27.2 Å². The number of hydrogen-bond acceptors (Lipinski definition) is 5. The number of anilines is 1. The van der Waals surface area contributed by atoms with Crippen LogP contribution in [0.2, 0.25) is 0 Å². The van der Waals surface area contributed by atoms with Crippen LogP contribution in [0.25, 0.3) is 0 Å². The van der Waals surface area contributed by atoms with E-state index in [1.807, 2.05) is 12.2 Å². The Labute approximate surface area is 155 Å². The second-order valence-corrected chi connectivity index (χ2v) is 8.21. The first kappa shape index (κ1) is 17.3. The third kappa shape index (κ3) is 2.65. The lowest BCUT2D eigenvalue weighted by Gasteiger charge is -2.23. The van der Waals surface area contributed by atoms with Gasteiger partial charge in [-0.3, -0.25) is 9.59 Å². The number of carboxylic acids is 1. The largest absolute Gasteiger partial charge is 0.481 e. The average molecular weight is 375 g/mol. The molecule has 0 radical (unpaired) electrons. The number of amides is 1.